The summed E-state index contributed by atoms with van der Waals surface area (Å²) in [4.78, 5) is 0. The molecule has 0 aliphatic heterocycles. The van der Waals surface area contributed by atoms with E-state index in [1.165, 1.54) is 82.8 Å². The minimum Gasteiger partial charge on any atom is -0.204 e. The number of benzene rings is 1. The predicted octanol–water partition coefficient (Wildman–Crippen LogP) is 9.49. The van der Waals surface area contributed by atoms with Crippen molar-refractivity contribution in [2.75, 3.05) is 0 Å². The Morgan fingerprint density at radius 1 is 0.710 bits per heavy atom. The highest BCUT2D eigenvalue weighted by Crippen LogP contribution is 2.38. The lowest BCUT2D eigenvalue weighted by Crippen LogP contribution is -2.15. The largest absolute Gasteiger partial charge is 0.204 e. The monoisotopic (exact) mass is 434 g/mol. The van der Waals surface area contributed by atoms with Crippen molar-refractivity contribution in [2.24, 2.45) is 17.8 Å². The van der Waals surface area contributed by atoms with Crippen molar-refractivity contribution in [3.8, 4) is 0 Å². The smallest absolute Gasteiger partial charge is 0.194 e. The van der Waals surface area contributed by atoms with Gasteiger partial charge in [-0.3, -0.25) is 0 Å². The van der Waals surface area contributed by atoms with Gasteiger partial charge in [0.05, 0.1) is 0 Å². The molecule has 0 nitrogen and oxygen atoms in total. The van der Waals surface area contributed by atoms with Crippen molar-refractivity contribution in [3.63, 3.8) is 0 Å². The standard InChI is InChI=1S/C28H41F3/c1-2-3-4-5-6-7-8-21-9-11-22(12-10-21)13-14-23-15-17-24(18-16-23)25-19-26(29)28(31)27(30)20-25/h13-14,19-24H,2-12,15-18H2,1H3/b14-13+/t21-,22-,23-,24-. The van der Waals surface area contributed by atoms with Gasteiger partial charge in [-0.2, -0.15) is 0 Å². The third kappa shape index (κ3) is 7.68. The maximum atomic E-state index is 13.5. The second-order valence-corrected chi connectivity index (χ2v) is 10.1. The van der Waals surface area contributed by atoms with Gasteiger partial charge in [0.25, 0.3) is 0 Å². The van der Waals surface area contributed by atoms with Crippen LogP contribution in [0.15, 0.2) is 24.3 Å². The van der Waals surface area contributed by atoms with Crippen LogP contribution in [0.5, 0.6) is 0 Å². The van der Waals surface area contributed by atoms with Crippen molar-refractivity contribution in [2.45, 2.75) is 109 Å². The van der Waals surface area contributed by atoms with Crippen LogP contribution in [-0.2, 0) is 0 Å². The fourth-order valence-electron chi connectivity index (χ4n) is 5.65. The average molecular weight is 435 g/mol. The van der Waals surface area contributed by atoms with Gasteiger partial charge in [0.1, 0.15) is 0 Å². The molecule has 0 spiro atoms. The maximum Gasteiger partial charge on any atom is 0.194 e. The molecule has 2 saturated carbocycles. The van der Waals surface area contributed by atoms with E-state index >= 15 is 0 Å². The molecule has 0 aromatic heterocycles. The highest BCUT2D eigenvalue weighted by Gasteiger charge is 2.24. The zero-order chi connectivity index (χ0) is 22.1. The zero-order valence-corrected chi connectivity index (χ0v) is 19.4. The SMILES string of the molecule is CCCCCCCC[C@H]1CC[C@H](/C=C/[C@H]2CC[C@H](c3cc(F)c(F)c(F)c3)CC2)CC1. The van der Waals surface area contributed by atoms with Crippen LogP contribution in [0.4, 0.5) is 13.2 Å². The van der Waals surface area contributed by atoms with Gasteiger partial charge >= 0.3 is 0 Å². The molecule has 0 N–H and O–H groups in total. The lowest BCUT2D eigenvalue weighted by Gasteiger charge is -2.29. The van der Waals surface area contributed by atoms with Gasteiger partial charge < -0.3 is 0 Å². The molecule has 0 saturated heterocycles. The van der Waals surface area contributed by atoms with E-state index in [-0.39, 0.29) is 5.92 Å². The van der Waals surface area contributed by atoms with Crippen LogP contribution in [0, 0.1) is 35.2 Å². The molecule has 1 aromatic rings. The van der Waals surface area contributed by atoms with E-state index in [1.807, 2.05) is 0 Å². The minimum absolute atomic E-state index is 0.145. The zero-order valence-electron chi connectivity index (χ0n) is 19.4. The van der Waals surface area contributed by atoms with Gasteiger partial charge in [0.2, 0.25) is 0 Å². The van der Waals surface area contributed by atoms with Crippen molar-refractivity contribution >= 4 is 0 Å². The van der Waals surface area contributed by atoms with Crippen LogP contribution in [-0.4, -0.2) is 0 Å². The summed E-state index contributed by atoms with van der Waals surface area (Å²) in [5.74, 6) is -1.09. The molecule has 1 aromatic carbocycles. The molecule has 0 amide bonds. The fraction of sp³-hybridized carbons (Fsp3) is 0.714. The Hall–Kier alpha value is -1.25. The number of unbranched alkanes of at least 4 members (excludes halogenated alkanes) is 5. The van der Waals surface area contributed by atoms with E-state index in [9.17, 15) is 13.2 Å². The van der Waals surface area contributed by atoms with Crippen LogP contribution in [0.1, 0.15) is 115 Å². The summed E-state index contributed by atoms with van der Waals surface area (Å²) in [5, 5.41) is 0. The van der Waals surface area contributed by atoms with Crippen LogP contribution < -0.4 is 0 Å². The van der Waals surface area contributed by atoms with Gasteiger partial charge in [-0.25, -0.2) is 13.2 Å². The number of halogens is 3. The third-order valence-electron chi connectivity index (χ3n) is 7.76. The number of rotatable bonds is 10. The third-order valence-corrected chi connectivity index (χ3v) is 7.76. The molecular weight excluding hydrogens is 393 g/mol. The van der Waals surface area contributed by atoms with Gasteiger partial charge in [-0.1, -0.05) is 64.0 Å². The molecular formula is C28H41F3. The Morgan fingerprint density at radius 3 is 1.81 bits per heavy atom. The topological polar surface area (TPSA) is 0 Å². The molecule has 2 fully saturated rings. The van der Waals surface area contributed by atoms with E-state index in [0.717, 1.165) is 37.5 Å². The number of allylic oxidation sites excluding steroid dienone is 2. The van der Waals surface area contributed by atoms with Crippen molar-refractivity contribution in [1.29, 1.82) is 0 Å². The first-order valence-electron chi connectivity index (χ1n) is 12.9. The van der Waals surface area contributed by atoms with Gasteiger partial charge in [-0.05, 0) is 92.7 Å². The Morgan fingerprint density at radius 2 is 1.23 bits per heavy atom. The lowest BCUT2D eigenvalue weighted by atomic mass is 9.76. The van der Waals surface area contributed by atoms with E-state index in [0.29, 0.717) is 11.5 Å². The second-order valence-electron chi connectivity index (χ2n) is 10.1. The van der Waals surface area contributed by atoms with Gasteiger partial charge in [0, 0.05) is 0 Å². The summed E-state index contributed by atoms with van der Waals surface area (Å²) >= 11 is 0. The van der Waals surface area contributed by atoms with Crippen molar-refractivity contribution in [3.05, 3.63) is 47.3 Å². The Bertz CT molecular complexity index is 656. The summed E-state index contributed by atoms with van der Waals surface area (Å²) < 4.78 is 40.3. The molecule has 0 radical (unpaired) electrons. The van der Waals surface area contributed by atoms with Gasteiger partial charge in [0.15, 0.2) is 17.5 Å². The summed E-state index contributed by atoms with van der Waals surface area (Å²) in [5.41, 5.74) is 0.613. The minimum atomic E-state index is -1.36. The molecule has 2 aliphatic carbocycles. The summed E-state index contributed by atoms with van der Waals surface area (Å²) in [6.07, 6.45) is 24.1. The molecule has 0 atom stereocenters. The van der Waals surface area contributed by atoms with Crippen LogP contribution in [0.2, 0.25) is 0 Å². The first-order valence-corrected chi connectivity index (χ1v) is 12.9. The summed E-state index contributed by atoms with van der Waals surface area (Å²) in [6.45, 7) is 2.27. The van der Waals surface area contributed by atoms with E-state index in [2.05, 4.69) is 19.1 Å². The molecule has 3 heteroatoms. The van der Waals surface area contributed by atoms with Crippen molar-refractivity contribution in [1.82, 2.24) is 0 Å². The maximum absolute atomic E-state index is 13.5. The predicted molar refractivity (Wildman–Crippen MR) is 124 cm³/mol. The quantitative estimate of drug-likeness (QED) is 0.195. The van der Waals surface area contributed by atoms with Crippen molar-refractivity contribution < 1.29 is 13.2 Å². The molecule has 3 rings (SSSR count). The van der Waals surface area contributed by atoms with Crippen LogP contribution >= 0.6 is 0 Å². The molecule has 0 heterocycles. The first-order chi connectivity index (χ1) is 15.1. The molecule has 31 heavy (non-hydrogen) atoms. The summed E-state index contributed by atoms with van der Waals surface area (Å²) in [7, 11) is 0. The van der Waals surface area contributed by atoms with E-state index in [1.54, 1.807) is 0 Å². The Balaban J connectivity index is 1.33. The molecule has 0 unspecified atom stereocenters. The normalized spacial score (nSPS) is 27.1. The van der Waals surface area contributed by atoms with E-state index < -0.39 is 17.5 Å². The molecule has 2 aliphatic rings. The Kier molecular flexibility index (Phi) is 9.99. The highest BCUT2D eigenvalue weighted by atomic mass is 19.2. The highest BCUT2D eigenvalue weighted by molar-refractivity contribution is 5.23. The fourth-order valence-corrected chi connectivity index (χ4v) is 5.65. The second kappa shape index (κ2) is 12.7. The van der Waals surface area contributed by atoms with Crippen LogP contribution in [0.3, 0.4) is 0 Å². The first kappa shape index (κ1) is 24.4. The van der Waals surface area contributed by atoms with E-state index in [4.69, 9.17) is 0 Å². The average Bonchev–Trinajstić information content (AvgIpc) is 2.79. The number of hydrogen-bond donors (Lipinski definition) is 0. The summed E-state index contributed by atoms with van der Waals surface area (Å²) in [6, 6.07) is 2.37. The lowest BCUT2D eigenvalue weighted by molar-refractivity contribution is 0.287. The number of hydrogen-bond acceptors (Lipinski definition) is 0. The molecule has 174 valence electrons. The Labute approximate surface area is 187 Å². The molecule has 0 bridgehead atoms. The van der Waals surface area contributed by atoms with Gasteiger partial charge in [-0.15, -0.1) is 0 Å². The van der Waals surface area contributed by atoms with Crippen LogP contribution in [0.25, 0.3) is 0 Å².